The van der Waals surface area contributed by atoms with Crippen molar-refractivity contribution in [3.8, 4) is 11.4 Å². The second-order valence-electron chi connectivity index (χ2n) is 30.5. The van der Waals surface area contributed by atoms with Crippen LogP contribution in [0.25, 0.3) is 11.4 Å². The third-order valence-corrected chi connectivity index (χ3v) is 26.5. The number of carbonyl (C=O) groups is 5. The third-order valence-electron chi connectivity index (χ3n) is 23.2. The number of hydrogen-bond acceptors (Lipinski definition) is 18. The van der Waals surface area contributed by atoms with Gasteiger partial charge in [-0.2, -0.15) is 0 Å². The lowest BCUT2D eigenvalue weighted by Gasteiger charge is -2.34. The van der Waals surface area contributed by atoms with Crippen LogP contribution >= 0.6 is 75.1 Å². The van der Waals surface area contributed by atoms with Gasteiger partial charge < -0.3 is 79.8 Å². The van der Waals surface area contributed by atoms with Crippen molar-refractivity contribution >= 4 is 139 Å². The number of fused-ring (bicyclic) bond motifs is 5. The highest BCUT2D eigenvalue weighted by atomic mass is 79.9. The summed E-state index contributed by atoms with van der Waals surface area (Å²) in [5.74, 6) is 0.682. The van der Waals surface area contributed by atoms with Gasteiger partial charge in [0, 0.05) is 94.5 Å². The topological polar surface area (TPSA) is 292 Å². The Morgan fingerprint density at radius 1 is 0.336 bits per heavy atom. The van der Waals surface area contributed by atoms with E-state index in [1.807, 2.05) is 133 Å². The van der Waals surface area contributed by atoms with E-state index in [1.165, 1.54) is 62.5 Å². The Balaban J connectivity index is 0.000000105. The van der Waals surface area contributed by atoms with E-state index >= 15 is 0 Å². The van der Waals surface area contributed by atoms with Crippen molar-refractivity contribution in [2.45, 2.75) is 120 Å². The van der Waals surface area contributed by atoms with E-state index in [1.54, 1.807) is 23.7 Å². The number of nitrogens with zero attached hydrogens (tertiary/aromatic N) is 2. The minimum absolute atomic E-state index is 0.00710. The van der Waals surface area contributed by atoms with E-state index in [0.29, 0.717) is 68.3 Å². The molecule has 592 valence electrons. The highest BCUT2D eigenvalue weighted by Gasteiger charge is 2.43. The van der Waals surface area contributed by atoms with Crippen molar-refractivity contribution in [3.05, 3.63) is 300 Å². The van der Waals surface area contributed by atoms with Gasteiger partial charge in [0.05, 0.1) is 129 Å². The van der Waals surface area contributed by atoms with E-state index in [0.717, 1.165) is 135 Å². The monoisotopic (exact) mass is 1820 g/mol. The first kappa shape index (κ1) is 78.1. The number of amides is 5. The summed E-state index contributed by atoms with van der Waals surface area (Å²) in [6.45, 7) is 7.04. The van der Waals surface area contributed by atoms with E-state index in [4.69, 9.17) is 0 Å². The summed E-state index contributed by atoms with van der Waals surface area (Å²) in [7, 11) is 0. The predicted octanol–water partition coefficient (Wildman–Crippen LogP) is 15.4. The Morgan fingerprint density at radius 3 is 1.13 bits per heavy atom. The van der Waals surface area contributed by atoms with Crippen LogP contribution in [0.2, 0.25) is 0 Å². The molecule has 2 saturated carbocycles. The van der Waals surface area contributed by atoms with Crippen LogP contribution in [0.3, 0.4) is 0 Å². The number of aromatic nitrogens is 2. The van der Waals surface area contributed by atoms with Crippen molar-refractivity contribution in [1.29, 1.82) is 0 Å². The minimum atomic E-state index is -0.316. The largest absolute Gasteiger partial charge is 0.382 e. The number of anilines is 6. The molecule has 10 aliphatic heterocycles. The van der Waals surface area contributed by atoms with Gasteiger partial charge in [0.1, 0.15) is 0 Å². The van der Waals surface area contributed by atoms with Gasteiger partial charge in [-0.1, -0.05) is 164 Å². The normalized spacial score (nSPS) is 23.5. The molecule has 2 fully saturated rings. The van der Waals surface area contributed by atoms with Crippen LogP contribution in [0, 0.1) is 13.8 Å². The Hall–Kier alpha value is -10.4. The van der Waals surface area contributed by atoms with Crippen LogP contribution in [0.15, 0.2) is 262 Å². The van der Waals surface area contributed by atoms with Gasteiger partial charge in [0.15, 0.2) is 5.82 Å². The molecule has 5 amide bonds. The molecule has 27 heteroatoms. The summed E-state index contributed by atoms with van der Waals surface area (Å²) < 4.78 is 4.20. The molecule has 0 saturated heterocycles. The Bertz CT molecular complexity index is 5370. The number of carbonyl (C=O) groups excluding carboxylic acids is 5. The van der Waals surface area contributed by atoms with Crippen molar-refractivity contribution < 1.29 is 24.0 Å². The van der Waals surface area contributed by atoms with Gasteiger partial charge in [-0.15, -0.1) is 11.3 Å². The number of thiophene rings is 1. The summed E-state index contributed by atoms with van der Waals surface area (Å²) in [5.41, 5.74) is 22.5. The average molecular weight is 1830 g/mol. The maximum Gasteiger partial charge on any atom is 0.251 e. The number of halogens is 4. The van der Waals surface area contributed by atoms with E-state index in [2.05, 4.69) is 210 Å². The molecule has 0 radical (unpaired) electrons. The Morgan fingerprint density at radius 2 is 0.690 bits per heavy atom. The average Bonchev–Trinajstić information content (AvgIpc) is 1.64. The number of para-hydroxylation sites is 4. The zero-order valence-electron chi connectivity index (χ0n) is 63.6. The van der Waals surface area contributed by atoms with Crippen molar-refractivity contribution in [3.63, 3.8) is 0 Å². The molecule has 116 heavy (non-hydrogen) atoms. The van der Waals surface area contributed by atoms with Crippen LogP contribution in [-0.2, 0) is 24.0 Å². The lowest BCUT2D eigenvalue weighted by molar-refractivity contribution is -0.117. The SMILES string of the molecule is Cc1cc2c(cc1C)NC(c1ccc(Br)cc1)C1=C(CNC1=O)N2.O=C1NCC2=C1C(c1ccc(Br)s1)Nc1ccccc1N2.O=C1NCC2=C1C(c1cnc(-c3ccccc3)nc1)Nc1ccccc1N2.O=C1NCC2=C1[C@@H](c1ccc(Br)cc1)N[C@@H]1CCCC[C@H]1N2.O=C1NCC2=C1[C@H](c1ccc(Br)cc1)N[C@@H]1CCCC[C@H]1N2. The molecule has 0 spiro atoms. The second-order valence-corrected chi connectivity index (χ2v) is 35.8. The van der Waals surface area contributed by atoms with Crippen LogP contribution < -0.4 is 79.8 Å². The summed E-state index contributed by atoms with van der Waals surface area (Å²) in [6, 6.07) is 59.9. The van der Waals surface area contributed by atoms with Crippen molar-refractivity contribution in [2.75, 3.05) is 64.6 Å². The number of benzene rings is 7. The first-order chi connectivity index (χ1) is 56.5. The molecule has 22 nitrogen and oxygen atoms in total. The highest BCUT2D eigenvalue weighted by Crippen LogP contribution is 2.45. The maximum atomic E-state index is 12.5. The van der Waals surface area contributed by atoms with E-state index in [-0.39, 0.29) is 59.7 Å². The molecular formula is C89H87Br4N17O5S. The van der Waals surface area contributed by atoms with Gasteiger partial charge in [-0.25, -0.2) is 9.97 Å². The van der Waals surface area contributed by atoms with Gasteiger partial charge >= 0.3 is 0 Å². The highest BCUT2D eigenvalue weighted by molar-refractivity contribution is 9.11. The van der Waals surface area contributed by atoms with Crippen LogP contribution in [0.1, 0.15) is 120 Å². The van der Waals surface area contributed by atoms with Gasteiger partial charge in [-0.3, -0.25) is 24.0 Å². The summed E-state index contributed by atoms with van der Waals surface area (Å²) in [5, 5.41) is 50.3. The van der Waals surface area contributed by atoms with Crippen LogP contribution in [0.4, 0.5) is 34.1 Å². The summed E-state index contributed by atoms with van der Waals surface area (Å²) in [6.07, 6.45) is 13.3. The van der Waals surface area contributed by atoms with Gasteiger partial charge in [0.2, 0.25) is 0 Å². The minimum Gasteiger partial charge on any atom is -0.382 e. The summed E-state index contributed by atoms with van der Waals surface area (Å²) >= 11 is 15.6. The molecule has 3 unspecified atom stereocenters. The molecular weight excluding hydrogens is 1740 g/mol. The fourth-order valence-electron chi connectivity index (χ4n) is 17.2. The number of nitrogens with one attached hydrogen (secondary N) is 15. The predicted molar refractivity (Wildman–Crippen MR) is 471 cm³/mol. The molecule has 21 rings (SSSR count). The Kier molecular flexibility index (Phi) is 23.2. The second kappa shape index (κ2) is 34.4. The Labute approximate surface area is 710 Å². The number of aryl methyl sites for hydroxylation is 2. The lowest BCUT2D eigenvalue weighted by atomic mass is 9.89. The zero-order chi connectivity index (χ0) is 79.7. The van der Waals surface area contributed by atoms with E-state index in [9.17, 15) is 24.0 Å². The molecule has 9 aromatic rings. The first-order valence-electron chi connectivity index (χ1n) is 39.4. The molecule has 12 heterocycles. The standard InChI is InChI=1S/C21H17N5O.C19H18BrN3O.2C17H20BrN3O.C15H12BrN3OS/c27-21-18-17(12-24-21)25-15-8-4-5-9-16(15)26-19(18)14-10-22-20(23-11-14)13-6-2-1-3-7-13;1-10-7-14-15(8-11(10)2)23-18(12-3-5-13(20)6-4-12)17-16(22-14)9-21-19(17)24;2*18-11-7-5-10(6-8-11)16-15-14(9-19-17(15)22)20-12-3-1-2-4-13(12)21-16;16-12-6-5-11(21-12)14-13-10(7-17-15(13)20)18-8-3-1-2-4-9(8)19-14/h1-11,19,25-26H,12H2,(H,24,27);3-8,18,22-23H,9H2,1-2H3,(H,21,24);2*5-8,12-13,16,20-21H,1-4,9H2,(H,19,22);1-6,14,18-19H,7H2,(H,17,20)/t;;12-,13-,16+;12-,13-,16-;/m..11./s1. The maximum absolute atomic E-state index is 12.5. The molecule has 2 aromatic heterocycles. The van der Waals surface area contributed by atoms with Gasteiger partial charge in [-0.05, 0) is 168 Å². The molecule has 7 aromatic carbocycles. The first-order valence-corrected chi connectivity index (χ1v) is 43.4. The van der Waals surface area contributed by atoms with E-state index < -0.39 is 0 Å². The third kappa shape index (κ3) is 16.7. The van der Waals surface area contributed by atoms with Crippen molar-refractivity contribution in [2.24, 2.45) is 0 Å². The lowest BCUT2D eigenvalue weighted by Crippen LogP contribution is -2.49. The quantitative estimate of drug-likeness (QED) is 0.0736. The van der Waals surface area contributed by atoms with Crippen molar-refractivity contribution in [1.82, 2.24) is 57.8 Å². The molecule has 9 atom stereocenters. The number of hydrogen-bond donors (Lipinski definition) is 15. The molecule has 0 bridgehead atoms. The van der Waals surface area contributed by atoms with Gasteiger partial charge in [0.25, 0.3) is 29.5 Å². The molecule has 12 aliphatic rings. The summed E-state index contributed by atoms with van der Waals surface area (Å²) in [4.78, 5) is 72.1. The smallest absolute Gasteiger partial charge is 0.251 e. The molecule has 15 N–H and O–H groups in total. The fourth-order valence-corrected chi connectivity index (χ4v) is 19.5. The molecule has 2 aliphatic carbocycles. The van der Waals surface area contributed by atoms with Crippen LogP contribution in [0.5, 0.6) is 0 Å². The zero-order valence-corrected chi connectivity index (χ0v) is 70.8. The number of rotatable bonds is 6. The fraction of sp³-hybridized carbons (Fsp3) is 0.270. The van der Waals surface area contributed by atoms with Crippen LogP contribution in [-0.4, -0.2) is 96.4 Å².